The van der Waals surface area contributed by atoms with Gasteiger partial charge in [-0.2, -0.15) is 0 Å². The predicted octanol–water partition coefficient (Wildman–Crippen LogP) is 2.83. The van der Waals surface area contributed by atoms with Crippen LogP contribution in [0.1, 0.15) is 25.3 Å². The number of hydrogen-bond acceptors (Lipinski definition) is 5. The molecule has 5 nitrogen and oxygen atoms in total. The van der Waals surface area contributed by atoms with Crippen LogP contribution in [0.2, 0.25) is 0 Å². The first kappa shape index (κ1) is 17.0. The molecule has 130 valence electrons. The van der Waals surface area contributed by atoms with Crippen molar-refractivity contribution < 1.29 is 23.7 Å². The van der Waals surface area contributed by atoms with Crippen molar-refractivity contribution >= 4 is 12.0 Å². The average molecular weight is 332 g/mol. The Bertz CT molecular complexity index is 603. The van der Waals surface area contributed by atoms with E-state index in [1.54, 1.807) is 20.3 Å². The SMILES string of the molecule is COc1ccc(C=CC(=O)OC2CCC3(CO3)C(C)C2OC)cc1. The van der Waals surface area contributed by atoms with Crippen LogP contribution in [0.15, 0.2) is 30.3 Å². The van der Waals surface area contributed by atoms with E-state index < -0.39 is 0 Å². The number of esters is 1. The molecule has 1 saturated heterocycles. The number of carbonyl (C=O) groups excluding carboxylic acids is 1. The topological polar surface area (TPSA) is 57.3 Å². The van der Waals surface area contributed by atoms with E-state index in [9.17, 15) is 4.79 Å². The first-order valence-corrected chi connectivity index (χ1v) is 8.27. The van der Waals surface area contributed by atoms with Gasteiger partial charge in [-0.15, -0.1) is 0 Å². The average Bonchev–Trinajstić information content (AvgIpc) is 3.38. The van der Waals surface area contributed by atoms with Gasteiger partial charge in [-0.1, -0.05) is 19.1 Å². The first-order valence-electron chi connectivity index (χ1n) is 8.27. The summed E-state index contributed by atoms with van der Waals surface area (Å²) in [6.45, 7) is 2.89. The van der Waals surface area contributed by atoms with E-state index in [4.69, 9.17) is 18.9 Å². The molecular formula is C19H24O5. The molecule has 5 heteroatoms. The number of rotatable bonds is 5. The standard InChI is InChI=1S/C19H24O5/c1-13-18(22-3)16(10-11-19(13)12-23-19)24-17(20)9-6-14-4-7-15(21-2)8-5-14/h4-9,13,16,18H,10-12H2,1-3H3. The van der Waals surface area contributed by atoms with E-state index >= 15 is 0 Å². The number of methoxy groups -OCH3 is 2. The fourth-order valence-corrected chi connectivity index (χ4v) is 3.45. The van der Waals surface area contributed by atoms with E-state index in [0.717, 1.165) is 30.8 Å². The number of benzene rings is 1. The summed E-state index contributed by atoms with van der Waals surface area (Å²) < 4.78 is 21.9. The highest BCUT2D eigenvalue weighted by Crippen LogP contribution is 2.47. The fraction of sp³-hybridized carbons (Fsp3) is 0.526. The number of hydrogen-bond donors (Lipinski definition) is 0. The summed E-state index contributed by atoms with van der Waals surface area (Å²) in [6.07, 6.45) is 4.52. The molecule has 3 rings (SSSR count). The summed E-state index contributed by atoms with van der Waals surface area (Å²) in [5.41, 5.74) is 0.862. The largest absolute Gasteiger partial charge is 0.497 e. The zero-order valence-corrected chi connectivity index (χ0v) is 14.4. The van der Waals surface area contributed by atoms with Crippen LogP contribution < -0.4 is 4.74 Å². The zero-order valence-electron chi connectivity index (χ0n) is 14.4. The van der Waals surface area contributed by atoms with Gasteiger partial charge in [0.25, 0.3) is 0 Å². The Labute approximate surface area is 142 Å². The molecule has 2 fully saturated rings. The molecule has 0 amide bonds. The van der Waals surface area contributed by atoms with Gasteiger partial charge in [0.15, 0.2) is 0 Å². The van der Waals surface area contributed by atoms with E-state index in [2.05, 4.69) is 6.92 Å². The van der Waals surface area contributed by atoms with Crippen molar-refractivity contribution in [1.29, 1.82) is 0 Å². The van der Waals surface area contributed by atoms with Crippen molar-refractivity contribution in [1.82, 2.24) is 0 Å². The quantitative estimate of drug-likeness (QED) is 0.471. The second-order valence-corrected chi connectivity index (χ2v) is 6.46. The van der Waals surface area contributed by atoms with Gasteiger partial charge in [0.1, 0.15) is 11.9 Å². The molecule has 4 unspecified atom stereocenters. The van der Waals surface area contributed by atoms with Gasteiger partial charge in [0, 0.05) is 19.1 Å². The highest BCUT2D eigenvalue weighted by atomic mass is 16.6. The van der Waals surface area contributed by atoms with Crippen LogP contribution in [0.5, 0.6) is 5.75 Å². The Morgan fingerprint density at radius 1 is 1.29 bits per heavy atom. The molecule has 4 atom stereocenters. The molecule has 1 heterocycles. The summed E-state index contributed by atoms with van der Waals surface area (Å²) in [5, 5.41) is 0. The first-order chi connectivity index (χ1) is 11.6. The normalized spacial score (nSPS) is 32.0. The van der Waals surface area contributed by atoms with E-state index in [1.165, 1.54) is 6.08 Å². The van der Waals surface area contributed by atoms with Crippen molar-refractivity contribution in [2.75, 3.05) is 20.8 Å². The monoisotopic (exact) mass is 332 g/mol. The molecular weight excluding hydrogens is 308 g/mol. The van der Waals surface area contributed by atoms with Gasteiger partial charge >= 0.3 is 5.97 Å². The molecule has 0 aromatic heterocycles. The maximum absolute atomic E-state index is 12.1. The maximum Gasteiger partial charge on any atom is 0.331 e. The summed E-state index contributed by atoms with van der Waals surface area (Å²) in [4.78, 5) is 12.1. The number of ether oxygens (including phenoxy) is 4. The van der Waals surface area contributed by atoms with Crippen molar-refractivity contribution in [3.8, 4) is 5.75 Å². The molecule has 0 radical (unpaired) electrons. The minimum atomic E-state index is -0.349. The third-order valence-electron chi connectivity index (χ3n) is 5.12. The fourth-order valence-electron chi connectivity index (χ4n) is 3.45. The number of epoxide rings is 1. The van der Waals surface area contributed by atoms with Gasteiger partial charge in [-0.3, -0.25) is 0 Å². The van der Waals surface area contributed by atoms with Gasteiger partial charge < -0.3 is 18.9 Å². The molecule has 24 heavy (non-hydrogen) atoms. The second kappa shape index (κ2) is 6.95. The lowest BCUT2D eigenvalue weighted by Crippen LogP contribution is -2.48. The van der Waals surface area contributed by atoms with E-state index in [-0.39, 0.29) is 29.7 Å². The van der Waals surface area contributed by atoms with Crippen LogP contribution in [0.25, 0.3) is 6.08 Å². The predicted molar refractivity (Wildman–Crippen MR) is 89.8 cm³/mol. The molecule has 0 N–H and O–H groups in total. The third kappa shape index (κ3) is 3.47. The zero-order chi connectivity index (χ0) is 17.2. The Kier molecular flexibility index (Phi) is 4.92. The Hall–Kier alpha value is -1.85. The van der Waals surface area contributed by atoms with E-state index in [0.29, 0.717) is 0 Å². The van der Waals surface area contributed by atoms with Crippen LogP contribution in [0, 0.1) is 5.92 Å². The van der Waals surface area contributed by atoms with Crippen molar-refractivity contribution in [2.24, 2.45) is 5.92 Å². The van der Waals surface area contributed by atoms with Crippen molar-refractivity contribution in [3.05, 3.63) is 35.9 Å². The second-order valence-electron chi connectivity index (χ2n) is 6.46. The van der Waals surface area contributed by atoms with Gasteiger partial charge in [0.05, 0.1) is 25.4 Å². The highest BCUT2D eigenvalue weighted by Gasteiger charge is 2.57. The van der Waals surface area contributed by atoms with Crippen LogP contribution in [0.4, 0.5) is 0 Å². The van der Waals surface area contributed by atoms with Gasteiger partial charge in [0.2, 0.25) is 0 Å². The number of carbonyl (C=O) groups is 1. The molecule has 1 aromatic rings. The lowest BCUT2D eigenvalue weighted by Gasteiger charge is -2.38. The molecule has 1 aliphatic heterocycles. The summed E-state index contributed by atoms with van der Waals surface area (Å²) in [6, 6.07) is 7.47. The Morgan fingerprint density at radius 2 is 2.00 bits per heavy atom. The summed E-state index contributed by atoms with van der Waals surface area (Å²) in [7, 11) is 3.28. The molecule has 1 spiro atoms. The van der Waals surface area contributed by atoms with Crippen LogP contribution in [0.3, 0.4) is 0 Å². The lowest BCUT2D eigenvalue weighted by molar-refractivity contribution is -0.160. The van der Waals surface area contributed by atoms with Gasteiger partial charge in [-0.05, 0) is 36.6 Å². The Morgan fingerprint density at radius 3 is 2.58 bits per heavy atom. The maximum atomic E-state index is 12.1. The minimum absolute atomic E-state index is 0.0531. The highest BCUT2D eigenvalue weighted by molar-refractivity contribution is 5.87. The molecule has 1 aliphatic carbocycles. The van der Waals surface area contributed by atoms with Crippen molar-refractivity contribution in [2.45, 2.75) is 37.6 Å². The molecule has 1 saturated carbocycles. The smallest absolute Gasteiger partial charge is 0.331 e. The van der Waals surface area contributed by atoms with Crippen LogP contribution in [-0.4, -0.2) is 44.6 Å². The van der Waals surface area contributed by atoms with Crippen LogP contribution in [-0.2, 0) is 19.0 Å². The Balaban J connectivity index is 1.58. The molecule has 0 bridgehead atoms. The summed E-state index contributed by atoms with van der Waals surface area (Å²) in [5.74, 6) is 0.655. The molecule has 2 aliphatic rings. The van der Waals surface area contributed by atoms with Crippen molar-refractivity contribution in [3.63, 3.8) is 0 Å². The van der Waals surface area contributed by atoms with E-state index in [1.807, 2.05) is 24.3 Å². The summed E-state index contributed by atoms with van der Waals surface area (Å²) >= 11 is 0. The minimum Gasteiger partial charge on any atom is -0.497 e. The van der Waals surface area contributed by atoms with Gasteiger partial charge in [-0.25, -0.2) is 4.79 Å². The lowest BCUT2D eigenvalue weighted by atomic mass is 9.76. The molecule has 1 aromatic carbocycles. The third-order valence-corrected chi connectivity index (χ3v) is 5.12. The van der Waals surface area contributed by atoms with Crippen LogP contribution >= 0.6 is 0 Å².